The number of sulfonamides is 1. The van der Waals surface area contributed by atoms with Gasteiger partial charge in [0, 0.05) is 18.8 Å². The third-order valence-corrected chi connectivity index (χ3v) is 6.47. The molecule has 146 valence electrons. The lowest BCUT2D eigenvalue weighted by atomic mass is 10.2. The molecule has 0 atom stereocenters. The van der Waals surface area contributed by atoms with Crippen molar-refractivity contribution in [3.05, 3.63) is 53.1 Å². The Morgan fingerprint density at radius 3 is 2.33 bits per heavy atom. The molecule has 0 saturated heterocycles. The highest BCUT2D eigenvalue weighted by atomic mass is 35.5. The quantitative estimate of drug-likeness (QED) is 0.730. The van der Waals surface area contributed by atoms with E-state index in [0.717, 1.165) is 5.56 Å². The van der Waals surface area contributed by atoms with Crippen LogP contribution in [0.5, 0.6) is 0 Å². The molecule has 0 radical (unpaired) electrons. The van der Waals surface area contributed by atoms with Crippen LogP contribution in [0, 0.1) is 6.92 Å². The van der Waals surface area contributed by atoms with Gasteiger partial charge in [-0.15, -0.1) is 0 Å². The Bertz CT molecular complexity index is 912. The van der Waals surface area contributed by atoms with Gasteiger partial charge in [-0.2, -0.15) is 4.31 Å². The summed E-state index contributed by atoms with van der Waals surface area (Å²) in [4.78, 5) is 12.3. The first-order chi connectivity index (χ1) is 12.6. The number of nitrogens with zero attached hydrogens (tertiary/aromatic N) is 1. The third kappa shape index (κ3) is 5.45. The van der Waals surface area contributed by atoms with Gasteiger partial charge < -0.3 is 10.6 Å². The number of nitrogens with one attached hydrogen (secondary N) is 2. The normalized spacial score (nSPS) is 11.7. The van der Waals surface area contributed by atoms with E-state index < -0.39 is 10.0 Å². The molecular weight excluding hydrogens is 386 g/mol. The summed E-state index contributed by atoms with van der Waals surface area (Å²) in [5, 5.41) is 6.18. The average molecular weight is 410 g/mol. The SMILES string of the molecule is Cc1ccc(NC(=O)CNc2ccc(S(=O)(=O)N(C)C(C)C)cc2)c(Cl)c1. The highest BCUT2D eigenvalue weighted by Gasteiger charge is 2.22. The largest absolute Gasteiger partial charge is 0.376 e. The van der Waals surface area contributed by atoms with Crippen LogP contribution in [-0.2, 0) is 14.8 Å². The van der Waals surface area contributed by atoms with Crippen LogP contribution in [0.15, 0.2) is 47.4 Å². The van der Waals surface area contributed by atoms with E-state index in [9.17, 15) is 13.2 Å². The number of amides is 1. The van der Waals surface area contributed by atoms with Gasteiger partial charge in [0.25, 0.3) is 0 Å². The molecule has 1 amide bonds. The summed E-state index contributed by atoms with van der Waals surface area (Å²) in [5.41, 5.74) is 2.20. The number of hydrogen-bond donors (Lipinski definition) is 2. The van der Waals surface area contributed by atoms with E-state index >= 15 is 0 Å². The van der Waals surface area contributed by atoms with Crippen molar-refractivity contribution in [1.82, 2.24) is 4.31 Å². The summed E-state index contributed by atoms with van der Waals surface area (Å²) < 4.78 is 26.2. The number of benzene rings is 2. The van der Waals surface area contributed by atoms with E-state index in [1.807, 2.05) is 26.8 Å². The fraction of sp³-hybridized carbons (Fsp3) is 0.316. The lowest BCUT2D eigenvalue weighted by molar-refractivity contribution is -0.114. The zero-order valence-electron chi connectivity index (χ0n) is 15.8. The highest BCUT2D eigenvalue weighted by Crippen LogP contribution is 2.23. The lowest BCUT2D eigenvalue weighted by Crippen LogP contribution is -2.33. The molecule has 0 aromatic heterocycles. The number of anilines is 2. The number of carbonyl (C=O) groups excluding carboxylic acids is 1. The number of halogens is 1. The van der Waals surface area contributed by atoms with Crippen molar-refractivity contribution in [2.75, 3.05) is 24.2 Å². The molecule has 0 saturated carbocycles. The molecule has 0 spiro atoms. The van der Waals surface area contributed by atoms with Crippen LogP contribution >= 0.6 is 11.6 Å². The van der Waals surface area contributed by atoms with Crippen LogP contribution in [-0.4, -0.2) is 38.3 Å². The molecule has 0 heterocycles. The Hall–Kier alpha value is -2.09. The highest BCUT2D eigenvalue weighted by molar-refractivity contribution is 7.89. The Kier molecular flexibility index (Phi) is 6.86. The molecule has 2 aromatic rings. The summed E-state index contributed by atoms with van der Waals surface area (Å²) in [5.74, 6) is -0.253. The van der Waals surface area contributed by atoms with E-state index in [1.165, 1.54) is 16.4 Å². The predicted molar refractivity (Wildman–Crippen MR) is 110 cm³/mol. The summed E-state index contributed by atoms with van der Waals surface area (Å²) in [6.07, 6.45) is 0. The van der Waals surface area contributed by atoms with Gasteiger partial charge >= 0.3 is 0 Å². The second-order valence-electron chi connectivity index (χ2n) is 6.52. The Morgan fingerprint density at radius 1 is 1.15 bits per heavy atom. The topological polar surface area (TPSA) is 78.5 Å². The maximum atomic E-state index is 12.4. The minimum Gasteiger partial charge on any atom is -0.376 e. The molecule has 0 fully saturated rings. The van der Waals surface area contributed by atoms with Gasteiger partial charge in [-0.1, -0.05) is 17.7 Å². The molecule has 0 aliphatic carbocycles. The molecule has 0 unspecified atom stereocenters. The smallest absolute Gasteiger partial charge is 0.243 e. The Balaban J connectivity index is 1.98. The molecule has 2 aromatic carbocycles. The fourth-order valence-corrected chi connectivity index (χ4v) is 3.94. The summed E-state index contributed by atoms with van der Waals surface area (Å²) >= 11 is 6.10. The molecule has 0 bridgehead atoms. The van der Waals surface area contributed by atoms with Gasteiger partial charge in [-0.25, -0.2) is 8.42 Å². The van der Waals surface area contributed by atoms with E-state index in [0.29, 0.717) is 16.4 Å². The summed E-state index contributed by atoms with van der Waals surface area (Å²) in [6, 6.07) is 11.6. The van der Waals surface area contributed by atoms with Crippen molar-refractivity contribution in [2.45, 2.75) is 31.7 Å². The molecule has 8 heteroatoms. The van der Waals surface area contributed by atoms with Gasteiger partial charge in [-0.05, 0) is 62.7 Å². The summed E-state index contributed by atoms with van der Waals surface area (Å²) in [7, 11) is -1.98. The number of hydrogen-bond acceptors (Lipinski definition) is 4. The number of rotatable bonds is 7. The number of carbonyl (C=O) groups is 1. The molecule has 27 heavy (non-hydrogen) atoms. The van der Waals surface area contributed by atoms with E-state index in [4.69, 9.17) is 11.6 Å². The second-order valence-corrected chi connectivity index (χ2v) is 8.93. The first-order valence-corrected chi connectivity index (χ1v) is 10.3. The fourth-order valence-electron chi connectivity index (χ4n) is 2.29. The lowest BCUT2D eigenvalue weighted by Gasteiger charge is -2.21. The van der Waals surface area contributed by atoms with Crippen molar-refractivity contribution in [2.24, 2.45) is 0 Å². The maximum absolute atomic E-state index is 12.4. The molecule has 2 N–H and O–H groups in total. The van der Waals surface area contributed by atoms with E-state index in [1.54, 1.807) is 31.3 Å². The minimum absolute atomic E-state index is 0.0300. The van der Waals surface area contributed by atoms with Crippen molar-refractivity contribution in [3.8, 4) is 0 Å². The van der Waals surface area contributed by atoms with Crippen molar-refractivity contribution in [1.29, 1.82) is 0 Å². The zero-order valence-corrected chi connectivity index (χ0v) is 17.4. The molecule has 0 aliphatic rings. The van der Waals surface area contributed by atoms with Crippen molar-refractivity contribution in [3.63, 3.8) is 0 Å². The minimum atomic E-state index is -3.52. The van der Waals surface area contributed by atoms with Gasteiger partial charge in [0.15, 0.2) is 0 Å². The number of aryl methyl sites for hydroxylation is 1. The van der Waals surface area contributed by atoms with Gasteiger partial charge in [0.2, 0.25) is 15.9 Å². The Morgan fingerprint density at radius 2 is 1.78 bits per heavy atom. The first kappa shape index (κ1) is 21.2. The van der Waals surface area contributed by atoms with Gasteiger partial charge in [-0.3, -0.25) is 4.79 Å². The molecule has 0 aliphatic heterocycles. The predicted octanol–water partition coefficient (Wildman–Crippen LogP) is 3.73. The van der Waals surface area contributed by atoms with E-state index in [2.05, 4.69) is 10.6 Å². The third-order valence-electron chi connectivity index (χ3n) is 4.11. The van der Waals surface area contributed by atoms with Crippen molar-refractivity contribution < 1.29 is 13.2 Å². The van der Waals surface area contributed by atoms with Crippen LogP contribution in [0.3, 0.4) is 0 Å². The van der Waals surface area contributed by atoms with E-state index in [-0.39, 0.29) is 23.4 Å². The molecular formula is C19H24ClN3O3S. The van der Waals surface area contributed by atoms with Crippen LogP contribution in [0.2, 0.25) is 5.02 Å². The monoisotopic (exact) mass is 409 g/mol. The van der Waals surface area contributed by atoms with Crippen LogP contribution in [0.1, 0.15) is 19.4 Å². The summed E-state index contributed by atoms with van der Waals surface area (Å²) in [6.45, 7) is 5.57. The zero-order chi connectivity index (χ0) is 20.2. The maximum Gasteiger partial charge on any atom is 0.243 e. The van der Waals surface area contributed by atoms with Crippen LogP contribution < -0.4 is 10.6 Å². The average Bonchev–Trinajstić information content (AvgIpc) is 2.62. The standard InChI is InChI=1S/C19H24ClN3O3S/c1-13(2)23(4)27(25,26)16-8-6-15(7-9-16)21-12-19(24)22-18-10-5-14(3)11-17(18)20/h5-11,13,21H,12H2,1-4H3,(H,22,24). The van der Waals surface area contributed by atoms with Gasteiger partial charge in [0.1, 0.15) is 0 Å². The molecule has 2 rings (SSSR count). The van der Waals surface area contributed by atoms with Crippen LogP contribution in [0.25, 0.3) is 0 Å². The molecule has 6 nitrogen and oxygen atoms in total. The second kappa shape index (κ2) is 8.73. The van der Waals surface area contributed by atoms with Crippen LogP contribution in [0.4, 0.5) is 11.4 Å². The Labute approximate surface area is 165 Å². The van der Waals surface area contributed by atoms with Crippen molar-refractivity contribution >= 4 is 38.9 Å². The van der Waals surface area contributed by atoms with Gasteiger partial charge in [0.05, 0.1) is 22.2 Å². The first-order valence-electron chi connectivity index (χ1n) is 8.49.